The van der Waals surface area contributed by atoms with E-state index in [0.717, 1.165) is 0 Å². The Kier molecular flexibility index (Phi) is 6.02. The summed E-state index contributed by atoms with van der Waals surface area (Å²) in [6, 6.07) is 0. The van der Waals surface area contributed by atoms with E-state index >= 15 is 0 Å². The molecule has 2 N–H and O–H groups in total. The van der Waals surface area contributed by atoms with Gasteiger partial charge in [0.15, 0.2) is 0 Å². The monoisotopic (exact) mass is 342 g/mol. The third kappa shape index (κ3) is 2.72. The van der Waals surface area contributed by atoms with Gasteiger partial charge < -0.3 is 10.2 Å². The molecule has 0 aliphatic rings. The van der Waals surface area contributed by atoms with Crippen LogP contribution in [0, 0.1) is 0 Å². The summed E-state index contributed by atoms with van der Waals surface area (Å²) in [5.74, 6) is 0. The van der Waals surface area contributed by atoms with Crippen molar-refractivity contribution >= 4 is 55.1 Å². The molecule has 3 unspecified atom stereocenters. The standard InChI is InChI=1S/C6H10Br2Cl2O2/c1-2-3(11)6(12,4(7)9)5(8)10/h3-5,11-12H,2H2,1H3. The van der Waals surface area contributed by atoms with Gasteiger partial charge in [-0.25, -0.2) is 0 Å². The summed E-state index contributed by atoms with van der Waals surface area (Å²) in [6.07, 6.45) is -0.596. The van der Waals surface area contributed by atoms with Gasteiger partial charge in [-0.2, -0.15) is 0 Å². The van der Waals surface area contributed by atoms with Crippen molar-refractivity contribution < 1.29 is 10.2 Å². The Labute approximate surface area is 98.5 Å². The van der Waals surface area contributed by atoms with Crippen molar-refractivity contribution in [1.82, 2.24) is 0 Å². The molecule has 6 heteroatoms. The number of hydrogen-bond acceptors (Lipinski definition) is 2. The van der Waals surface area contributed by atoms with Crippen molar-refractivity contribution in [3.05, 3.63) is 0 Å². The molecule has 0 saturated heterocycles. The Hall–Kier alpha value is 1.46. The molecule has 3 atom stereocenters. The molecule has 0 aromatic heterocycles. The SMILES string of the molecule is CCC(O)C(O)(C(Cl)Br)C(Cl)Br. The van der Waals surface area contributed by atoms with Crippen molar-refractivity contribution in [2.75, 3.05) is 0 Å². The Bertz CT molecular complexity index is 136. The van der Waals surface area contributed by atoms with Crippen LogP contribution in [0.5, 0.6) is 0 Å². The number of aliphatic hydroxyl groups excluding tert-OH is 1. The molecule has 0 saturated carbocycles. The van der Waals surface area contributed by atoms with Gasteiger partial charge in [0.1, 0.15) is 14.2 Å². The Morgan fingerprint density at radius 3 is 1.75 bits per heavy atom. The van der Waals surface area contributed by atoms with E-state index in [1.165, 1.54) is 0 Å². The molecule has 0 aliphatic heterocycles. The highest BCUT2D eigenvalue weighted by molar-refractivity contribution is 9.10. The van der Waals surface area contributed by atoms with Gasteiger partial charge in [0.05, 0.1) is 6.10 Å². The Balaban J connectivity index is 4.61. The van der Waals surface area contributed by atoms with Crippen LogP contribution in [0.1, 0.15) is 13.3 Å². The quantitative estimate of drug-likeness (QED) is 0.769. The summed E-state index contributed by atoms with van der Waals surface area (Å²) in [5.41, 5.74) is -1.57. The zero-order valence-corrected chi connectivity index (χ0v) is 11.0. The van der Waals surface area contributed by atoms with Crippen LogP contribution >= 0.6 is 55.1 Å². The minimum Gasteiger partial charge on any atom is -0.390 e. The van der Waals surface area contributed by atoms with Crippen LogP contribution in [0.4, 0.5) is 0 Å². The van der Waals surface area contributed by atoms with Crippen LogP contribution in [0.25, 0.3) is 0 Å². The average molecular weight is 345 g/mol. The maximum absolute atomic E-state index is 9.83. The van der Waals surface area contributed by atoms with Gasteiger partial charge in [0, 0.05) is 0 Å². The molecule has 0 fully saturated rings. The zero-order chi connectivity index (χ0) is 9.94. The fourth-order valence-corrected chi connectivity index (χ4v) is 3.12. The van der Waals surface area contributed by atoms with Gasteiger partial charge >= 0.3 is 0 Å². The van der Waals surface area contributed by atoms with Gasteiger partial charge in [0.2, 0.25) is 0 Å². The van der Waals surface area contributed by atoms with Crippen molar-refractivity contribution in [1.29, 1.82) is 0 Å². The summed E-state index contributed by atoms with van der Waals surface area (Å²) in [7, 11) is 0. The third-order valence-electron chi connectivity index (χ3n) is 1.62. The normalized spacial score (nSPS) is 24.2. The predicted octanol–water partition coefficient (Wildman–Crippen LogP) is 2.41. The van der Waals surface area contributed by atoms with Crippen LogP contribution in [-0.4, -0.2) is 30.5 Å². The molecule has 0 radical (unpaired) electrons. The number of rotatable bonds is 4. The van der Waals surface area contributed by atoms with Crippen LogP contribution < -0.4 is 0 Å². The maximum Gasteiger partial charge on any atom is 0.142 e. The minimum absolute atomic E-state index is 0.375. The lowest BCUT2D eigenvalue weighted by Crippen LogP contribution is -2.52. The first kappa shape index (κ1) is 13.5. The second-order valence-electron chi connectivity index (χ2n) is 2.41. The molecule has 0 aromatic carbocycles. The van der Waals surface area contributed by atoms with Gasteiger partial charge in [-0.15, -0.1) is 23.2 Å². The first-order chi connectivity index (χ1) is 5.37. The fourth-order valence-electron chi connectivity index (χ4n) is 0.713. The molecule has 74 valence electrons. The molecule has 0 aliphatic carbocycles. The van der Waals surface area contributed by atoms with E-state index in [0.29, 0.717) is 6.42 Å². The highest BCUT2D eigenvalue weighted by Gasteiger charge is 2.45. The summed E-state index contributed by atoms with van der Waals surface area (Å²) in [4.78, 5) is 0. The molecule has 12 heavy (non-hydrogen) atoms. The van der Waals surface area contributed by atoms with Crippen LogP contribution in [0.2, 0.25) is 0 Å². The first-order valence-corrected chi connectivity index (χ1v) is 6.04. The lowest BCUT2D eigenvalue weighted by atomic mass is 9.99. The second-order valence-corrected chi connectivity index (χ2v) is 6.17. The third-order valence-corrected chi connectivity index (χ3v) is 3.79. The molecule has 0 bridgehead atoms. The van der Waals surface area contributed by atoms with Gasteiger partial charge in [-0.3, -0.25) is 0 Å². The molecular formula is C6H10Br2Cl2O2. The van der Waals surface area contributed by atoms with Crippen LogP contribution in [0.3, 0.4) is 0 Å². The highest BCUT2D eigenvalue weighted by Crippen LogP contribution is 2.36. The average Bonchev–Trinajstić information content (AvgIpc) is 2.00. The van der Waals surface area contributed by atoms with E-state index in [4.69, 9.17) is 23.2 Å². The van der Waals surface area contributed by atoms with E-state index < -0.39 is 20.3 Å². The topological polar surface area (TPSA) is 40.5 Å². The van der Waals surface area contributed by atoms with E-state index in [-0.39, 0.29) is 0 Å². The van der Waals surface area contributed by atoms with Crippen molar-refractivity contribution in [2.24, 2.45) is 0 Å². The lowest BCUT2D eigenvalue weighted by Gasteiger charge is -2.35. The van der Waals surface area contributed by atoms with E-state index in [1.54, 1.807) is 6.92 Å². The number of halogens is 4. The van der Waals surface area contributed by atoms with Gasteiger partial charge in [-0.05, 0) is 6.42 Å². The molecule has 0 rings (SSSR count). The minimum atomic E-state index is -1.57. The van der Waals surface area contributed by atoms with Crippen molar-refractivity contribution in [3.8, 4) is 0 Å². The van der Waals surface area contributed by atoms with E-state index in [2.05, 4.69) is 31.9 Å². The first-order valence-electron chi connectivity index (χ1n) is 3.34. The largest absolute Gasteiger partial charge is 0.390 e. The van der Waals surface area contributed by atoms with Crippen molar-refractivity contribution in [3.63, 3.8) is 0 Å². The summed E-state index contributed by atoms with van der Waals surface area (Å²) in [6.45, 7) is 1.73. The molecule has 2 nitrogen and oxygen atoms in total. The van der Waals surface area contributed by atoms with E-state index in [9.17, 15) is 10.2 Å². The number of alkyl halides is 4. The molecule has 0 aromatic rings. The predicted molar refractivity (Wildman–Crippen MR) is 58.4 cm³/mol. The number of hydrogen-bond donors (Lipinski definition) is 2. The summed E-state index contributed by atoms with van der Waals surface area (Å²) >= 11 is 17.3. The fraction of sp³-hybridized carbons (Fsp3) is 1.00. The highest BCUT2D eigenvalue weighted by atomic mass is 79.9. The van der Waals surface area contributed by atoms with Crippen molar-refractivity contribution in [2.45, 2.75) is 33.6 Å². The second kappa shape index (κ2) is 5.37. The Morgan fingerprint density at radius 2 is 1.67 bits per heavy atom. The molecule has 0 spiro atoms. The molecular weight excluding hydrogens is 335 g/mol. The van der Waals surface area contributed by atoms with Crippen LogP contribution in [-0.2, 0) is 0 Å². The van der Waals surface area contributed by atoms with Gasteiger partial charge in [-0.1, -0.05) is 38.8 Å². The number of aliphatic hydroxyl groups is 2. The zero-order valence-electron chi connectivity index (χ0n) is 6.35. The lowest BCUT2D eigenvalue weighted by molar-refractivity contribution is -0.0525. The van der Waals surface area contributed by atoms with E-state index in [1.807, 2.05) is 0 Å². The van der Waals surface area contributed by atoms with Gasteiger partial charge in [0.25, 0.3) is 0 Å². The smallest absolute Gasteiger partial charge is 0.142 e. The Morgan fingerprint density at radius 1 is 1.33 bits per heavy atom. The maximum atomic E-state index is 9.83. The summed E-state index contributed by atoms with van der Waals surface area (Å²) < 4.78 is -1.61. The van der Waals surface area contributed by atoms with Crippen LogP contribution in [0.15, 0.2) is 0 Å². The molecule has 0 heterocycles. The molecule has 0 amide bonds. The summed E-state index contributed by atoms with van der Waals surface area (Å²) in [5, 5.41) is 19.3.